The first-order chi connectivity index (χ1) is 17.6. The molecular weight excluding hydrogens is 484 g/mol. The van der Waals surface area contributed by atoms with Crippen LogP contribution in [0.15, 0.2) is 24.3 Å². The van der Waals surface area contributed by atoms with Crippen LogP contribution in [0, 0.1) is 0 Å². The highest BCUT2D eigenvalue weighted by Gasteiger charge is 2.55. The number of rotatable bonds is 6. The highest BCUT2D eigenvalue weighted by Crippen LogP contribution is 2.53. The van der Waals surface area contributed by atoms with Gasteiger partial charge in [-0.1, -0.05) is 33.6 Å². The van der Waals surface area contributed by atoms with Crippen molar-refractivity contribution in [2.45, 2.75) is 76.6 Å². The highest BCUT2D eigenvalue weighted by molar-refractivity contribution is 6.74. The van der Waals surface area contributed by atoms with Crippen LogP contribution in [-0.4, -0.2) is 56.8 Å². The SMILES string of the molecule is CC(C)(C)[Si](C)(C)OCc1nc(C=O)c2c(n1)N(c1ccc(N3CCOCC3)cc1)C(=O)C21CCCC1. The first-order valence-corrected chi connectivity index (χ1v) is 16.3. The van der Waals surface area contributed by atoms with Crippen LogP contribution >= 0.6 is 0 Å². The van der Waals surface area contributed by atoms with E-state index >= 15 is 0 Å². The number of nitrogens with zero attached hydrogens (tertiary/aromatic N) is 4. The first-order valence-electron chi connectivity index (χ1n) is 13.4. The first kappa shape index (κ1) is 26.0. The van der Waals surface area contributed by atoms with Gasteiger partial charge in [0.1, 0.15) is 11.5 Å². The molecule has 1 saturated carbocycles. The molecule has 1 amide bonds. The molecule has 2 fully saturated rings. The second-order valence-electron chi connectivity index (χ2n) is 11.9. The molecule has 3 heterocycles. The van der Waals surface area contributed by atoms with E-state index in [-0.39, 0.29) is 17.6 Å². The monoisotopic (exact) mass is 522 g/mol. The molecule has 3 aliphatic rings. The standard InChI is InChI=1S/C28H38N4O4Si/c1-27(2,3)37(4,5)36-19-23-29-22(18-33)24-25(30-23)32(26(34)28(24)12-6-7-13-28)21-10-8-20(9-11-21)31-14-16-35-17-15-31/h8-11,18H,6-7,12-17,19H2,1-5H3. The predicted octanol–water partition coefficient (Wildman–Crippen LogP) is 5.14. The van der Waals surface area contributed by atoms with Crippen LogP contribution in [0.3, 0.4) is 0 Å². The minimum absolute atomic E-state index is 0.000938. The molecule has 1 aliphatic carbocycles. The van der Waals surface area contributed by atoms with Crippen molar-refractivity contribution in [1.29, 1.82) is 0 Å². The summed E-state index contributed by atoms with van der Waals surface area (Å²) in [5.74, 6) is 0.986. The smallest absolute Gasteiger partial charge is 0.243 e. The molecular formula is C28H38N4O4Si. The molecule has 1 spiro atoms. The maximum absolute atomic E-state index is 14.1. The van der Waals surface area contributed by atoms with Gasteiger partial charge in [0.15, 0.2) is 20.4 Å². The number of benzene rings is 1. The number of fused-ring (bicyclic) bond motifs is 2. The third-order valence-electron chi connectivity index (χ3n) is 8.69. The van der Waals surface area contributed by atoms with Crippen molar-refractivity contribution in [3.63, 3.8) is 0 Å². The molecule has 2 aromatic rings. The van der Waals surface area contributed by atoms with Crippen LogP contribution < -0.4 is 9.80 Å². The van der Waals surface area contributed by atoms with Gasteiger partial charge in [-0.05, 0) is 55.2 Å². The number of aldehydes is 1. The molecule has 2 aliphatic heterocycles. The molecule has 1 aromatic heterocycles. The van der Waals surface area contributed by atoms with Crippen molar-refractivity contribution in [3.8, 4) is 0 Å². The zero-order valence-corrected chi connectivity index (χ0v) is 23.7. The molecule has 1 aromatic carbocycles. The van der Waals surface area contributed by atoms with Crippen molar-refractivity contribution < 1.29 is 18.8 Å². The Hall–Kier alpha value is -2.62. The van der Waals surface area contributed by atoms with Gasteiger partial charge in [-0.15, -0.1) is 0 Å². The van der Waals surface area contributed by atoms with Crippen LogP contribution in [0.4, 0.5) is 17.2 Å². The van der Waals surface area contributed by atoms with E-state index in [9.17, 15) is 9.59 Å². The van der Waals surface area contributed by atoms with E-state index in [0.29, 0.717) is 49.0 Å². The van der Waals surface area contributed by atoms with Gasteiger partial charge >= 0.3 is 0 Å². The van der Waals surface area contributed by atoms with E-state index in [0.717, 1.165) is 43.6 Å². The summed E-state index contributed by atoms with van der Waals surface area (Å²) < 4.78 is 11.9. The van der Waals surface area contributed by atoms with Crippen molar-refractivity contribution >= 4 is 37.7 Å². The minimum atomic E-state index is -2.05. The maximum atomic E-state index is 14.1. The van der Waals surface area contributed by atoms with Crippen molar-refractivity contribution in [2.24, 2.45) is 0 Å². The van der Waals surface area contributed by atoms with E-state index in [1.165, 1.54) is 0 Å². The van der Waals surface area contributed by atoms with Crippen LogP contribution in [0.2, 0.25) is 18.1 Å². The second kappa shape index (κ2) is 9.60. The number of carbonyl (C=O) groups excluding carboxylic acids is 2. The van der Waals surface area contributed by atoms with Crippen LogP contribution in [0.25, 0.3) is 0 Å². The maximum Gasteiger partial charge on any atom is 0.243 e. The van der Waals surface area contributed by atoms with Crippen molar-refractivity contribution in [1.82, 2.24) is 9.97 Å². The number of morpholine rings is 1. The molecule has 5 rings (SSSR count). The summed E-state index contributed by atoms with van der Waals surface area (Å²) in [7, 11) is -2.05. The number of hydrogen-bond donors (Lipinski definition) is 0. The molecule has 0 atom stereocenters. The average Bonchev–Trinajstić information content (AvgIpc) is 3.46. The Morgan fingerprint density at radius 1 is 1.05 bits per heavy atom. The van der Waals surface area contributed by atoms with E-state index in [1.807, 2.05) is 12.1 Å². The molecule has 8 nitrogen and oxygen atoms in total. The number of anilines is 3. The molecule has 198 valence electrons. The molecule has 9 heteroatoms. The van der Waals surface area contributed by atoms with Gasteiger partial charge < -0.3 is 14.1 Å². The number of amides is 1. The zero-order chi connectivity index (χ0) is 26.4. The molecule has 1 saturated heterocycles. The Kier molecular flexibility index (Phi) is 6.75. The van der Waals surface area contributed by atoms with Gasteiger partial charge in [0.2, 0.25) is 5.91 Å². The Morgan fingerprint density at radius 3 is 2.27 bits per heavy atom. The summed E-state index contributed by atoms with van der Waals surface area (Å²) in [4.78, 5) is 39.9. The largest absolute Gasteiger partial charge is 0.409 e. The normalized spacial score (nSPS) is 19.5. The van der Waals surface area contributed by atoms with E-state index in [4.69, 9.17) is 14.1 Å². The quantitative estimate of drug-likeness (QED) is 0.384. The number of hydrogen-bond acceptors (Lipinski definition) is 7. The lowest BCUT2D eigenvalue weighted by Gasteiger charge is -2.35. The van der Waals surface area contributed by atoms with E-state index in [2.05, 4.69) is 55.9 Å². The summed E-state index contributed by atoms with van der Waals surface area (Å²) in [6, 6.07) is 8.07. The predicted molar refractivity (Wildman–Crippen MR) is 146 cm³/mol. The van der Waals surface area contributed by atoms with Gasteiger partial charge in [-0.2, -0.15) is 0 Å². The molecule has 0 N–H and O–H groups in total. The molecule has 0 bridgehead atoms. The van der Waals surface area contributed by atoms with E-state index < -0.39 is 13.7 Å². The van der Waals surface area contributed by atoms with Gasteiger partial charge in [0.25, 0.3) is 0 Å². The van der Waals surface area contributed by atoms with E-state index in [1.54, 1.807) is 4.90 Å². The van der Waals surface area contributed by atoms with Crippen LogP contribution in [0.1, 0.15) is 68.3 Å². The van der Waals surface area contributed by atoms with Crippen LogP contribution in [0.5, 0.6) is 0 Å². The Bertz CT molecular complexity index is 1180. The fourth-order valence-electron chi connectivity index (χ4n) is 5.48. The molecule has 37 heavy (non-hydrogen) atoms. The Balaban J connectivity index is 1.54. The van der Waals surface area contributed by atoms with Gasteiger partial charge in [0.05, 0.1) is 30.9 Å². The lowest BCUT2D eigenvalue weighted by atomic mass is 9.80. The van der Waals surface area contributed by atoms with Crippen LogP contribution in [-0.2, 0) is 26.0 Å². The zero-order valence-electron chi connectivity index (χ0n) is 22.7. The van der Waals surface area contributed by atoms with Crippen molar-refractivity contribution in [3.05, 3.63) is 41.3 Å². The number of aromatic nitrogens is 2. The Morgan fingerprint density at radius 2 is 1.68 bits per heavy atom. The van der Waals surface area contributed by atoms with Gasteiger partial charge in [-0.3, -0.25) is 14.5 Å². The summed E-state index contributed by atoms with van der Waals surface area (Å²) in [6.07, 6.45) is 4.11. The van der Waals surface area contributed by atoms with Gasteiger partial charge in [0, 0.05) is 24.3 Å². The lowest BCUT2D eigenvalue weighted by Crippen LogP contribution is -2.40. The molecule has 0 unspecified atom stereocenters. The topological polar surface area (TPSA) is 84.9 Å². The molecule has 0 radical (unpaired) electrons. The lowest BCUT2D eigenvalue weighted by molar-refractivity contribution is -0.122. The fraction of sp³-hybridized carbons (Fsp3) is 0.571. The van der Waals surface area contributed by atoms with Gasteiger partial charge in [-0.25, -0.2) is 9.97 Å². The average molecular weight is 523 g/mol. The van der Waals surface area contributed by atoms with Crippen molar-refractivity contribution in [2.75, 3.05) is 36.1 Å². The minimum Gasteiger partial charge on any atom is -0.409 e. The number of carbonyl (C=O) groups is 2. The number of ether oxygens (including phenoxy) is 1. The third-order valence-corrected chi connectivity index (χ3v) is 13.2. The fourth-order valence-corrected chi connectivity index (χ4v) is 6.40. The Labute approximate surface area is 220 Å². The summed E-state index contributed by atoms with van der Waals surface area (Å²) in [5, 5.41) is 0.0371. The second-order valence-corrected chi connectivity index (χ2v) is 16.7. The third kappa shape index (κ3) is 4.51. The summed E-state index contributed by atoms with van der Waals surface area (Å²) in [6.45, 7) is 14.3. The summed E-state index contributed by atoms with van der Waals surface area (Å²) in [5.41, 5.74) is 2.15. The highest BCUT2D eigenvalue weighted by atomic mass is 28.4. The summed E-state index contributed by atoms with van der Waals surface area (Å²) >= 11 is 0.